The summed E-state index contributed by atoms with van der Waals surface area (Å²) in [4.78, 5) is 19.2. The number of hydrogen-bond donors (Lipinski definition) is 1. The van der Waals surface area contributed by atoms with Crippen LogP contribution in [0.3, 0.4) is 0 Å². The summed E-state index contributed by atoms with van der Waals surface area (Å²) in [5.41, 5.74) is 0.998. The SMILES string of the molecule is CC[C@@H](Oc1ccccc1)C(=O)NCc1cccnc1N1CCOCC1. The molecule has 0 radical (unpaired) electrons. The lowest BCUT2D eigenvalue weighted by Crippen LogP contribution is -2.39. The average molecular weight is 355 g/mol. The molecule has 0 aliphatic carbocycles. The highest BCUT2D eigenvalue weighted by Crippen LogP contribution is 2.18. The van der Waals surface area contributed by atoms with Crippen molar-refractivity contribution in [2.24, 2.45) is 0 Å². The molecule has 1 amide bonds. The number of rotatable bonds is 7. The standard InChI is InChI=1S/C20H25N3O3/c1-2-18(26-17-8-4-3-5-9-17)20(24)22-15-16-7-6-10-21-19(16)23-11-13-25-14-12-23/h3-10,18H,2,11-15H2,1H3,(H,22,24)/t18-/m1/s1. The van der Waals surface area contributed by atoms with Crippen molar-refractivity contribution in [3.8, 4) is 5.75 Å². The number of anilines is 1. The molecule has 0 bridgehead atoms. The second-order valence-electron chi connectivity index (χ2n) is 6.13. The number of amides is 1. The molecular weight excluding hydrogens is 330 g/mol. The Morgan fingerprint density at radius 1 is 1.23 bits per heavy atom. The van der Waals surface area contributed by atoms with Gasteiger partial charge >= 0.3 is 0 Å². The van der Waals surface area contributed by atoms with E-state index in [1.165, 1.54) is 0 Å². The fourth-order valence-corrected chi connectivity index (χ4v) is 2.91. The van der Waals surface area contributed by atoms with E-state index in [1.54, 1.807) is 6.20 Å². The molecule has 1 N–H and O–H groups in total. The van der Waals surface area contributed by atoms with Crippen molar-refractivity contribution in [3.05, 3.63) is 54.2 Å². The first-order chi connectivity index (χ1) is 12.8. The van der Waals surface area contributed by atoms with E-state index in [1.807, 2.05) is 49.4 Å². The van der Waals surface area contributed by atoms with E-state index in [2.05, 4.69) is 15.2 Å². The molecular formula is C20H25N3O3. The summed E-state index contributed by atoms with van der Waals surface area (Å²) in [6.45, 7) is 5.39. The molecule has 2 aromatic rings. The first kappa shape index (κ1) is 18.2. The van der Waals surface area contributed by atoms with Gasteiger partial charge in [-0.05, 0) is 24.6 Å². The van der Waals surface area contributed by atoms with Gasteiger partial charge in [-0.15, -0.1) is 0 Å². The van der Waals surface area contributed by atoms with Gasteiger partial charge in [0.05, 0.1) is 13.2 Å². The maximum atomic E-state index is 12.5. The third-order valence-corrected chi connectivity index (χ3v) is 4.32. The number of nitrogens with one attached hydrogen (secondary N) is 1. The molecule has 0 unspecified atom stereocenters. The lowest BCUT2D eigenvalue weighted by molar-refractivity contribution is -0.128. The first-order valence-electron chi connectivity index (χ1n) is 9.04. The summed E-state index contributed by atoms with van der Waals surface area (Å²) in [5.74, 6) is 1.49. The number of nitrogens with zero attached hydrogens (tertiary/aromatic N) is 2. The Morgan fingerprint density at radius 2 is 2.00 bits per heavy atom. The quantitative estimate of drug-likeness (QED) is 0.826. The number of benzene rings is 1. The van der Waals surface area contributed by atoms with E-state index >= 15 is 0 Å². The van der Waals surface area contributed by atoms with Crippen LogP contribution in [-0.4, -0.2) is 43.3 Å². The van der Waals surface area contributed by atoms with Crippen molar-refractivity contribution in [2.45, 2.75) is 26.0 Å². The minimum absolute atomic E-state index is 0.117. The Morgan fingerprint density at radius 3 is 2.73 bits per heavy atom. The number of para-hydroxylation sites is 1. The predicted octanol–water partition coefficient (Wildman–Crippen LogP) is 2.39. The molecule has 0 spiro atoms. The van der Waals surface area contributed by atoms with E-state index in [-0.39, 0.29) is 5.91 Å². The van der Waals surface area contributed by atoms with E-state index in [4.69, 9.17) is 9.47 Å². The van der Waals surface area contributed by atoms with Gasteiger partial charge in [-0.25, -0.2) is 4.98 Å². The van der Waals surface area contributed by atoms with E-state index < -0.39 is 6.10 Å². The zero-order valence-electron chi connectivity index (χ0n) is 15.1. The van der Waals surface area contributed by atoms with Crippen LogP contribution < -0.4 is 15.0 Å². The second-order valence-corrected chi connectivity index (χ2v) is 6.13. The van der Waals surface area contributed by atoms with E-state index in [9.17, 15) is 4.79 Å². The zero-order valence-corrected chi connectivity index (χ0v) is 15.1. The third kappa shape index (κ3) is 4.73. The van der Waals surface area contributed by atoms with Crippen LogP contribution in [0.15, 0.2) is 48.7 Å². The summed E-state index contributed by atoms with van der Waals surface area (Å²) in [6, 6.07) is 13.3. The Labute approximate surface area is 154 Å². The minimum Gasteiger partial charge on any atom is -0.481 e. The molecule has 138 valence electrons. The number of aromatic nitrogens is 1. The molecule has 1 aromatic heterocycles. The summed E-state index contributed by atoms with van der Waals surface area (Å²) in [7, 11) is 0. The van der Waals surface area contributed by atoms with Crippen LogP contribution in [0.2, 0.25) is 0 Å². The molecule has 6 nitrogen and oxygen atoms in total. The van der Waals surface area contributed by atoms with Gasteiger partial charge in [0.15, 0.2) is 6.10 Å². The van der Waals surface area contributed by atoms with Crippen LogP contribution in [0.25, 0.3) is 0 Å². The van der Waals surface area contributed by atoms with Crippen molar-refractivity contribution < 1.29 is 14.3 Å². The largest absolute Gasteiger partial charge is 0.481 e. The van der Waals surface area contributed by atoms with Gasteiger partial charge in [-0.3, -0.25) is 4.79 Å². The molecule has 1 fully saturated rings. The molecule has 1 aromatic carbocycles. The summed E-state index contributed by atoms with van der Waals surface area (Å²) in [6.07, 6.45) is 1.87. The Hall–Kier alpha value is -2.60. The topological polar surface area (TPSA) is 63.7 Å². The second kappa shape index (κ2) is 9.20. The lowest BCUT2D eigenvalue weighted by Gasteiger charge is -2.29. The van der Waals surface area contributed by atoms with Crippen LogP contribution >= 0.6 is 0 Å². The van der Waals surface area contributed by atoms with Crippen LogP contribution in [0.4, 0.5) is 5.82 Å². The molecule has 1 aliphatic heterocycles. The van der Waals surface area contributed by atoms with Gasteiger partial charge in [0.2, 0.25) is 0 Å². The van der Waals surface area contributed by atoms with Gasteiger partial charge < -0.3 is 19.7 Å². The molecule has 1 saturated heterocycles. The van der Waals surface area contributed by atoms with Gasteiger partial charge in [-0.2, -0.15) is 0 Å². The fourth-order valence-electron chi connectivity index (χ4n) is 2.91. The van der Waals surface area contributed by atoms with Crippen molar-refractivity contribution >= 4 is 11.7 Å². The number of carbonyl (C=O) groups is 1. The number of morpholine rings is 1. The van der Waals surface area contributed by atoms with Gasteiger partial charge in [-0.1, -0.05) is 31.2 Å². The average Bonchev–Trinajstić information content (AvgIpc) is 2.72. The highest BCUT2D eigenvalue weighted by Gasteiger charge is 2.20. The van der Waals surface area contributed by atoms with Crippen LogP contribution in [0, 0.1) is 0 Å². The molecule has 3 rings (SSSR count). The number of carbonyl (C=O) groups excluding carboxylic acids is 1. The summed E-state index contributed by atoms with van der Waals surface area (Å²) < 4.78 is 11.2. The first-order valence-corrected chi connectivity index (χ1v) is 9.04. The predicted molar refractivity (Wildman–Crippen MR) is 100 cm³/mol. The molecule has 1 atom stereocenters. The highest BCUT2D eigenvalue weighted by molar-refractivity contribution is 5.81. The van der Waals surface area contributed by atoms with E-state index in [0.717, 1.165) is 24.5 Å². The Kier molecular flexibility index (Phi) is 6.44. The maximum Gasteiger partial charge on any atom is 0.261 e. The number of ether oxygens (including phenoxy) is 2. The van der Waals surface area contributed by atoms with Gasteiger partial charge in [0.1, 0.15) is 11.6 Å². The molecule has 1 aliphatic rings. The highest BCUT2D eigenvalue weighted by atomic mass is 16.5. The molecule has 0 saturated carbocycles. The van der Waals surface area contributed by atoms with Crippen LogP contribution in [0.1, 0.15) is 18.9 Å². The van der Waals surface area contributed by atoms with Crippen molar-refractivity contribution in [2.75, 3.05) is 31.2 Å². The normalized spacial score (nSPS) is 15.3. The smallest absolute Gasteiger partial charge is 0.261 e. The Balaban J connectivity index is 1.61. The van der Waals surface area contributed by atoms with Gasteiger partial charge in [0, 0.05) is 31.4 Å². The minimum atomic E-state index is -0.513. The monoisotopic (exact) mass is 355 g/mol. The molecule has 6 heteroatoms. The summed E-state index contributed by atoms with van der Waals surface area (Å²) in [5, 5.41) is 2.99. The molecule has 26 heavy (non-hydrogen) atoms. The number of hydrogen-bond acceptors (Lipinski definition) is 5. The van der Waals surface area contributed by atoms with Crippen molar-refractivity contribution in [1.82, 2.24) is 10.3 Å². The zero-order chi connectivity index (χ0) is 18.2. The van der Waals surface area contributed by atoms with Gasteiger partial charge in [0.25, 0.3) is 5.91 Å². The maximum absolute atomic E-state index is 12.5. The van der Waals surface area contributed by atoms with Crippen molar-refractivity contribution in [3.63, 3.8) is 0 Å². The third-order valence-electron chi connectivity index (χ3n) is 4.32. The lowest BCUT2D eigenvalue weighted by atomic mass is 10.2. The molecule has 2 heterocycles. The van der Waals surface area contributed by atoms with Crippen molar-refractivity contribution in [1.29, 1.82) is 0 Å². The fraction of sp³-hybridized carbons (Fsp3) is 0.400. The number of pyridine rings is 1. The Bertz CT molecular complexity index is 702. The van der Waals surface area contributed by atoms with Crippen LogP contribution in [-0.2, 0) is 16.1 Å². The van der Waals surface area contributed by atoms with Crippen LogP contribution in [0.5, 0.6) is 5.75 Å². The van der Waals surface area contributed by atoms with E-state index in [0.29, 0.717) is 31.9 Å². The summed E-state index contributed by atoms with van der Waals surface area (Å²) >= 11 is 0.